The highest BCUT2D eigenvalue weighted by Gasteiger charge is 2.15. The Morgan fingerprint density at radius 1 is 1.04 bits per heavy atom. The topological polar surface area (TPSA) is 84.5 Å². The second-order valence-corrected chi connectivity index (χ2v) is 8.12. The van der Waals surface area contributed by atoms with E-state index in [0.29, 0.717) is 15.4 Å². The number of amides is 2. The first-order valence-electron chi connectivity index (χ1n) is 8.57. The standard InChI is InChI=1S/C20H24N2O4S/c1-20(2,3)14-7-5-13(6-8-14)18(24)21-12-11-16(23)22-17-10-9-15(27-17)19(25)26-4/h5-10H,11-12H2,1-4H3,(H,21,24)(H,22,23). The fourth-order valence-electron chi connectivity index (χ4n) is 2.33. The summed E-state index contributed by atoms with van der Waals surface area (Å²) in [6, 6.07) is 10.7. The molecule has 0 fully saturated rings. The van der Waals surface area contributed by atoms with Crippen LogP contribution in [0.2, 0.25) is 0 Å². The Bertz CT molecular complexity index is 819. The highest BCUT2D eigenvalue weighted by atomic mass is 32.1. The maximum absolute atomic E-state index is 12.2. The van der Waals surface area contributed by atoms with Gasteiger partial charge in [0.1, 0.15) is 4.88 Å². The molecule has 1 aromatic carbocycles. The van der Waals surface area contributed by atoms with Gasteiger partial charge in [0.05, 0.1) is 12.1 Å². The molecule has 0 atom stereocenters. The predicted molar refractivity (Wildman–Crippen MR) is 106 cm³/mol. The number of benzene rings is 1. The van der Waals surface area contributed by atoms with E-state index in [4.69, 9.17) is 0 Å². The molecule has 27 heavy (non-hydrogen) atoms. The van der Waals surface area contributed by atoms with Crippen molar-refractivity contribution in [2.75, 3.05) is 19.0 Å². The van der Waals surface area contributed by atoms with Gasteiger partial charge >= 0.3 is 5.97 Å². The summed E-state index contributed by atoms with van der Waals surface area (Å²) in [5, 5.41) is 6.00. The van der Waals surface area contributed by atoms with E-state index in [1.165, 1.54) is 7.11 Å². The lowest BCUT2D eigenvalue weighted by molar-refractivity contribution is -0.116. The molecule has 0 radical (unpaired) electrons. The summed E-state index contributed by atoms with van der Waals surface area (Å²) < 4.78 is 4.62. The Kier molecular flexibility index (Phi) is 6.74. The first kappa shape index (κ1) is 20.6. The molecule has 2 amide bonds. The molecule has 0 aliphatic rings. The van der Waals surface area contributed by atoms with Crippen LogP contribution in [0.25, 0.3) is 0 Å². The maximum atomic E-state index is 12.2. The van der Waals surface area contributed by atoms with E-state index in [1.54, 1.807) is 24.3 Å². The monoisotopic (exact) mass is 388 g/mol. The zero-order chi connectivity index (χ0) is 20.0. The molecule has 2 rings (SSSR count). The number of anilines is 1. The number of ether oxygens (including phenoxy) is 1. The van der Waals surface area contributed by atoms with Crippen LogP contribution < -0.4 is 10.6 Å². The molecule has 0 spiro atoms. The Labute approximate surface area is 162 Å². The molecule has 0 aliphatic carbocycles. The average Bonchev–Trinajstić information content (AvgIpc) is 3.08. The number of carbonyl (C=O) groups is 3. The lowest BCUT2D eigenvalue weighted by Gasteiger charge is -2.19. The number of carbonyl (C=O) groups excluding carboxylic acids is 3. The summed E-state index contributed by atoms with van der Waals surface area (Å²) in [5.41, 5.74) is 1.74. The minimum atomic E-state index is -0.440. The Hall–Kier alpha value is -2.67. The van der Waals surface area contributed by atoms with Crippen molar-refractivity contribution in [1.29, 1.82) is 0 Å². The van der Waals surface area contributed by atoms with Crippen molar-refractivity contribution < 1.29 is 19.1 Å². The van der Waals surface area contributed by atoms with Crippen LogP contribution in [0.5, 0.6) is 0 Å². The molecule has 6 nitrogen and oxygen atoms in total. The minimum absolute atomic E-state index is 0.0304. The van der Waals surface area contributed by atoms with E-state index in [0.717, 1.165) is 16.9 Å². The van der Waals surface area contributed by atoms with Gasteiger partial charge in [-0.15, -0.1) is 11.3 Å². The zero-order valence-electron chi connectivity index (χ0n) is 15.9. The summed E-state index contributed by atoms with van der Waals surface area (Å²) in [6.07, 6.45) is 0.136. The third-order valence-electron chi connectivity index (χ3n) is 3.91. The smallest absolute Gasteiger partial charge is 0.348 e. The van der Waals surface area contributed by atoms with Crippen LogP contribution in [0.1, 0.15) is 52.8 Å². The minimum Gasteiger partial charge on any atom is -0.465 e. The lowest BCUT2D eigenvalue weighted by Crippen LogP contribution is -2.27. The molecule has 0 aliphatic heterocycles. The van der Waals surface area contributed by atoms with Crippen LogP contribution in [0.4, 0.5) is 5.00 Å². The van der Waals surface area contributed by atoms with E-state index in [9.17, 15) is 14.4 Å². The van der Waals surface area contributed by atoms with Gasteiger partial charge in [-0.1, -0.05) is 32.9 Å². The molecular formula is C20H24N2O4S. The van der Waals surface area contributed by atoms with Crippen LogP contribution in [-0.4, -0.2) is 31.4 Å². The van der Waals surface area contributed by atoms with Crippen molar-refractivity contribution in [3.05, 3.63) is 52.4 Å². The quantitative estimate of drug-likeness (QED) is 0.741. The van der Waals surface area contributed by atoms with Crippen LogP contribution in [0.3, 0.4) is 0 Å². The average molecular weight is 388 g/mol. The summed E-state index contributed by atoms with van der Waals surface area (Å²) in [6.45, 7) is 6.56. The number of nitrogens with one attached hydrogen (secondary N) is 2. The SMILES string of the molecule is COC(=O)c1ccc(NC(=O)CCNC(=O)c2ccc(C(C)(C)C)cc2)s1. The van der Waals surface area contributed by atoms with E-state index in [-0.39, 0.29) is 30.2 Å². The number of thiophene rings is 1. The molecule has 0 saturated heterocycles. The molecule has 0 unspecified atom stereocenters. The maximum Gasteiger partial charge on any atom is 0.348 e. The van der Waals surface area contributed by atoms with E-state index >= 15 is 0 Å². The number of hydrogen-bond donors (Lipinski definition) is 2. The number of hydrogen-bond acceptors (Lipinski definition) is 5. The van der Waals surface area contributed by atoms with Crippen LogP contribution in [0.15, 0.2) is 36.4 Å². The van der Waals surface area contributed by atoms with E-state index < -0.39 is 5.97 Å². The summed E-state index contributed by atoms with van der Waals surface area (Å²) in [7, 11) is 1.31. The number of esters is 1. The second kappa shape index (κ2) is 8.81. The Morgan fingerprint density at radius 3 is 2.30 bits per heavy atom. The normalized spacial score (nSPS) is 11.0. The highest BCUT2D eigenvalue weighted by molar-refractivity contribution is 7.18. The van der Waals surface area contributed by atoms with Gasteiger partial charge in [0.2, 0.25) is 5.91 Å². The molecule has 0 bridgehead atoms. The van der Waals surface area contributed by atoms with Crippen molar-refractivity contribution in [3.8, 4) is 0 Å². The number of rotatable bonds is 6. The van der Waals surface area contributed by atoms with Crippen molar-refractivity contribution in [2.24, 2.45) is 0 Å². The Balaban J connectivity index is 1.79. The molecule has 1 aromatic heterocycles. The van der Waals surface area contributed by atoms with E-state index in [2.05, 4.69) is 36.1 Å². The lowest BCUT2D eigenvalue weighted by atomic mass is 9.87. The first-order chi connectivity index (χ1) is 12.7. The summed E-state index contributed by atoms with van der Waals surface area (Å²) in [5.74, 6) is -0.894. The number of methoxy groups -OCH3 is 1. The Morgan fingerprint density at radius 2 is 1.70 bits per heavy atom. The van der Waals surface area contributed by atoms with Gasteiger partial charge in [0.25, 0.3) is 5.91 Å². The fraction of sp³-hybridized carbons (Fsp3) is 0.350. The molecular weight excluding hydrogens is 364 g/mol. The summed E-state index contributed by atoms with van der Waals surface area (Å²) in [4.78, 5) is 35.9. The van der Waals surface area contributed by atoms with Crippen molar-refractivity contribution in [2.45, 2.75) is 32.6 Å². The molecule has 2 aromatic rings. The molecule has 0 saturated carbocycles. The third-order valence-corrected chi connectivity index (χ3v) is 4.89. The van der Waals surface area contributed by atoms with Crippen molar-refractivity contribution in [3.63, 3.8) is 0 Å². The zero-order valence-corrected chi connectivity index (χ0v) is 16.7. The molecule has 7 heteroatoms. The largest absolute Gasteiger partial charge is 0.465 e. The van der Waals surface area contributed by atoms with Gasteiger partial charge in [-0.2, -0.15) is 0 Å². The van der Waals surface area contributed by atoms with Gasteiger partial charge in [0.15, 0.2) is 0 Å². The fourth-order valence-corrected chi connectivity index (χ4v) is 3.17. The molecule has 1 heterocycles. The highest BCUT2D eigenvalue weighted by Crippen LogP contribution is 2.23. The third kappa shape index (κ3) is 5.92. The van der Waals surface area contributed by atoms with Crippen molar-refractivity contribution in [1.82, 2.24) is 5.32 Å². The molecule has 2 N–H and O–H groups in total. The van der Waals surface area contributed by atoms with Crippen LogP contribution >= 0.6 is 11.3 Å². The van der Waals surface area contributed by atoms with Crippen LogP contribution in [-0.2, 0) is 14.9 Å². The summed E-state index contributed by atoms with van der Waals surface area (Å²) >= 11 is 1.14. The van der Waals surface area contributed by atoms with Crippen LogP contribution in [0, 0.1) is 0 Å². The van der Waals surface area contributed by atoms with E-state index in [1.807, 2.05) is 12.1 Å². The first-order valence-corrected chi connectivity index (χ1v) is 9.39. The second-order valence-electron chi connectivity index (χ2n) is 7.04. The predicted octanol–water partition coefficient (Wildman–Crippen LogP) is 3.59. The van der Waals surface area contributed by atoms with Gasteiger partial charge in [0, 0.05) is 18.5 Å². The molecule has 144 valence electrons. The van der Waals surface area contributed by atoms with Gasteiger partial charge < -0.3 is 15.4 Å². The van der Waals surface area contributed by atoms with Gasteiger partial charge in [-0.05, 0) is 35.2 Å². The van der Waals surface area contributed by atoms with Crippen molar-refractivity contribution >= 4 is 34.1 Å². The van der Waals surface area contributed by atoms with Gasteiger partial charge in [-0.3, -0.25) is 9.59 Å². The van der Waals surface area contributed by atoms with Gasteiger partial charge in [-0.25, -0.2) is 4.79 Å².